The van der Waals surface area contributed by atoms with Crippen molar-refractivity contribution < 1.29 is 4.74 Å². The summed E-state index contributed by atoms with van der Waals surface area (Å²) >= 11 is 0. The number of hydrogen-bond donors (Lipinski definition) is 1. The zero-order valence-electron chi connectivity index (χ0n) is 9.65. The van der Waals surface area contributed by atoms with E-state index in [1.807, 2.05) is 0 Å². The highest BCUT2D eigenvalue weighted by atomic mass is 16.5. The quantitative estimate of drug-likeness (QED) is 0.752. The molecule has 0 bridgehead atoms. The van der Waals surface area contributed by atoms with Crippen LogP contribution in [0.1, 0.15) is 26.7 Å². The molecular formula is C11H21N3O. The Morgan fingerprint density at radius 3 is 3.00 bits per heavy atom. The molecule has 4 heteroatoms. The average molecular weight is 211 g/mol. The van der Waals surface area contributed by atoms with Crippen LogP contribution in [-0.4, -0.2) is 42.7 Å². The smallest absolute Gasteiger partial charge is 0.191 e. The highest BCUT2D eigenvalue weighted by Crippen LogP contribution is 2.20. The molecule has 0 aliphatic carbocycles. The summed E-state index contributed by atoms with van der Waals surface area (Å²) < 4.78 is 5.64. The molecule has 0 saturated carbocycles. The molecule has 86 valence electrons. The average Bonchev–Trinajstić information content (AvgIpc) is 2.78. The molecule has 2 heterocycles. The topological polar surface area (TPSA) is 50.8 Å². The van der Waals surface area contributed by atoms with Gasteiger partial charge in [0.05, 0.1) is 18.7 Å². The van der Waals surface area contributed by atoms with Gasteiger partial charge in [0, 0.05) is 13.2 Å². The summed E-state index contributed by atoms with van der Waals surface area (Å²) in [6.07, 6.45) is 2.70. The van der Waals surface area contributed by atoms with Crippen molar-refractivity contribution >= 4 is 5.96 Å². The van der Waals surface area contributed by atoms with Gasteiger partial charge in [0.25, 0.3) is 0 Å². The Morgan fingerprint density at radius 1 is 1.60 bits per heavy atom. The lowest BCUT2D eigenvalue weighted by atomic mass is 10.0. The lowest BCUT2D eigenvalue weighted by molar-refractivity contribution is 0.0805. The Labute approximate surface area is 91.5 Å². The third-order valence-corrected chi connectivity index (χ3v) is 3.33. The summed E-state index contributed by atoms with van der Waals surface area (Å²) in [6.45, 7) is 7.11. The Morgan fingerprint density at radius 2 is 2.40 bits per heavy atom. The van der Waals surface area contributed by atoms with Crippen LogP contribution in [-0.2, 0) is 4.74 Å². The third-order valence-electron chi connectivity index (χ3n) is 3.33. The second kappa shape index (κ2) is 4.39. The largest absolute Gasteiger partial charge is 0.376 e. The lowest BCUT2D eigenvalue weighted by Crippen LogP contribution is -2.46. The van der Waals surface area contributed by atoms with E-state index < -0.39 is 0 Å². The lowest BCUT2D eigenvalue weighted by Gasteiger charge is -2.30. The molecule has 4 nitrogen and oxygen atoms in total. The van der Waals surface area contributed by atoms with Crippen molar-refractivity contribution in [1.29, 1.82) is 0 Å². The van der Waals surface area contributed by atoms with Crippen molar-refractivity contribution in [3.63, 3.8) is 0 Å². The van der Waals surface area contributed by atoms with Gasteiger partial charge in [-0.15, -0.1) is 0 Å². The fourth-order valence-electron chi connectivity index (χ4n) is 2.35. The van der Waals surface area contributed by atoms with Gasteiger partial charge in [0.15, 0.2) is 5.96 Å². The molecule has 2 atom stereocenters. The molecule has 0 aromatic rings. The zero-order chi connectivity index (χ0) is 10.8. The summed E-state index contributed by atoms with van der Waals surface area (Å²) in [4.78, 5) is 6.55. The van der Waals surface area contributed by atoms with E-state index in [1.54, 1.807) is 0 Å². The van der Waals surface area contributed by atoms with Gasteiger partial charge < -0.3 is 15.4 Å². The van der Waals surface area contributed by atoms with Crippen molar-refractivity contribution in [2.45, 2.75) is 38.8 Å². The number of guanidine groups is 1. The van der Waals surface area contributed by atoms with E-state index in [4.69, 9.17) is 10.5 Å². The van der Waals surface area contributed by atoms with Crippen molar-refractivity contribution in [3.8, 4) is 0 Å². The first kappa shape index (κ1) is 10.7. The predicted molar refractivity (Wildman–Crippen MR) is 60.8 cm³/mol. The van der Waals surface area contributed by atoms with E-state index in [-0.39, 0.29) is 0 Å². The van der Waals surface area contributed by atoms with E-state index in [9.17, 15) is 0 Å². The minimum atomic E-state index is 0.359. The standard InChI is InChI=1S/C11H21N3O/c1-8(2)10-6-13-11(12)14(10)7-9-4-3-5-15-9/h8-10H,3-7H2,1-2H3,(H2,12,13). The SMILES string of the molecule is CC(C)C1CN=C(N)N1CC1CCCO1. The zero-order valence-corrected chi connectivity index (χ0v) is 9.65. The number of rotatable bonds is 3. The second-order valence-corrected chi connectivity index (χ2v) is 4.80. The van der Waals surface area contributed by atoms with Crippen LogP contribution in [0.15, 0.2) is 4.99 Å². The maximum atomic E-state index is 5.91. The van der Waals surface area contributed by atoms with E-state index in [2.05, 4.69) is 23.7 Å². The molecule has 2 aliphatic rings. The minimum Gasteiger partial charge on any atom is -0.376 e. The maximum Gasteiger partial charge on any atom is 0.191 e. The third kappa shape index (κ3) is 2.25. The first-order valence-corrected chi connectivity index (χ1v) is 5.86. The Hall–Kier alpha value is -0.770. The van der Waals surface area contributed by atoms with Crippen LogP contribution in [0.3, 0.4) is 0 Å². The Balaban J connectivity index is 1.95. The molecule has 0 radical (unpaired) electrons. The number of ether oxygens (including phenoxy) is 1. The molecule has 2 rings (SSSR count). The number of hydrogen-bond acceptors (Lipinski definition) is 4. The highest BCUT2D eigenvalue weighted by molar-refractivity contribution is 5.80. The number of nitrogens with two attached hydrogens (primary N) is 1. The van der Waals surface area contributed by atoms with Crippen LogP contribution >= 0.6 is 0 Å². The van der Waals surface area contributed by atoms with Gasteiger partial charge in [-0.1, -0.05) is 13.8 Å². The molecule has 15 heavy (non-hydrogen) atoms. The molecule has 0 amide bonds. The Bertz CT molecular complexity index is 246. The van der Waals surface area contributed by atoms with Gasteiger partial charge in [-0.3, -0.25) is 4.99 Å². The fourth-order valence-corrected chi connectivity index (χ4v) is 2.35. The molecule has 0 aromatic carbocycles. The molecule has 2 N–H and O–H groups in total. The molecule has 0 aromatic heterocycles. The van der Waals surface area contributed by atoms with Crippen molar-refractivity contribution in [2.75, 3.05) is 19.7 Å². The first-order chi connectivity index (χ1) is 7.18. The second-order valence-electron chi connectivity index (χ2n) is 4.80. The van der Waals surface area contributed by atoms with Gasteiger partial charge in [0.1, 0.15) is 0 Å². The van der Waals surface area contributed by atoms with Gasteiger partial charge in [-0.05, 0) is 18.8 Å². The molecule has 2 unspecified atom stereocenters. The molecule has 2 aliphatic heterocycles. The number of aliphatic imine (C=N–C) groups is 1. The summed E-state index contributed by atoms with van der Waals surface area (Å²) in [5.41, 5.74) is 5.91. The van der Waals surface area contributed by atoms with Crippen LogP contribution in [0.4, 0.5) is 0 Å². The maximum absolute atomic E-state index is 5.91. The van der Waals surface area contributed by atoms with Crippen LogP contribution < -0.4 is 5.73 Å². The Kier molecular flexibility index (Phi) is 3.14. The van der Waals surface area contributed by atoms with E-state index in [0.29, 0.717) is 24.0 Å². The molecular weight excluding hydrogens is 190 g/mol. The van der Waals surface area contributed by atoms with E-state index >= 15 is 0 Å². The fraction of sp³-hybridized carbons (Fsp3) is 0.909. The van der Waals surface area contributed by atoms with Gasteiger partial charge in [-0.2, -0.15) is 0 Å². The van der Waals surface area contributed by atoms with Gasteiger partial charge in [0.2, 0.25) is 0 Å². The van der Waals surface area contributed by atoms with Crippen LogP contribution in [0, 0.1) is 5.92 Å². The molecule has 1 saturated heterocycles. The van der Waals surface area contributed by atoms with Crippen LogP contribution in [0.5, 0.6) is 0 Å². The van der Waals surface area contributed by atoms with Gasteiger partial charge >= 0.3 is 0 Å². The minimum absolute atomic E-state index is 0.359. The van der Waals surface area contributed by atoms with Crippen molar-refractivity contribution in [1.82, 2.24) is 4.90 Å². The number of nitrogens with zero attached hydrogens (tertiary/aromatic N) is 2. The monoisotopic (exact) mass is 211 g/mol. The summed E-state index contributed by atoms with van der Waals surface area (Å²) in [5.74, 6) is 1.29. The van der Waals surface area contributed by atoms with Crippen LogP contribution in [0.25, 0.3) is 0 Å². The van der Waals surface area contributed by atoms with Crippen molar-refractivity contribution in [2.24, 2.45) is 16.6 Å². The first-order valence-electron chi connectivity index (χ1n) is 5.86. The normalized spacial score (nSPS) is 31.4. The van der Waals surface area contributed by atoms with Crippen molar-refractivity contribution in [3.05, 3.63) is 0 Å². The summed E-state index contributed by atoms with van der Waals surface area (Å²) in [7, 11) is 0. The summed E-state index contributed by atoms with van der Waals surface area (Å²) in [6, 6.07) is 0.467. The van der Waals surface area contributed by atoms with Gasteiger partial charge in [-0.25, -0.2) is 0 Å². The molecule has 1 fully saturated rings. The molecule has 0 spiro atoms. The summed E-state index contributed by atoms with van der Waals surface area (Å²) in [5, 5.41) is 0. The van der Waals surface area contributed by atoms with Crippen LogP contribution in [0.2, 0.25) is 0 Å². The highest BCUT2D eigenvalue weighted by Gasteiger charge is 2.31. The predicted octanol–water partition coefficient (Wildman–Crippen LogP) is 0.820. The van der Waals surface area contributed by atoms with E-state index in [1.165, 1.54) is 6.42 Å². The van der Waals surface area contributed by atoms with E-state index in [0.717, 1.165) is 26.1 Å².